The highest BCUT2D eigenvalue weighted by molar-refractivity contribution is 5.85. The summed E-state index contributed by atoms with van der Waals surface area (Å²) in [5.41, 5.74) is 6.03. The maximum absolute atomic E-state index is 12.9. The minimum atomic E-state index is -4.35. The van der Waals surface area contributed by atoms with E-state index in [0.29, 0.717) is 16.7 Å². The number of halogens is 3. The lowest BCUT2D eigenvalue weighted by Gasteiger charge is -2.17. The minimum absolute atomic E-state index is 0.152. The average molecular weight is 258 g/mol. The van der Waals surface area contributed by atoms with Gasteiger partial charge in [-0.25, -0.2) is 0 Å². The number of fused-ring (bicyclic) bond motifs is 1. The Balaban J connectivity index is 2.56. The summed E-state index contributed by atoms with van der Waals surface area (Å²) >= 11 is 0. The zero-order chi connectivity index (χ0) is 13.3. The molecule has 2 rings (SSSR count). The van der Waals surface area contributed by atoms with Crippen molar-refractivity contribution in [3.05, 3.63) is 30.0 Å². The number of aromatic amines is 1. The molecule has 3 nitrogen and oxygen atoms in total. The van der Waals surface area contributed by atoms with E-state index >= 15 is 0 Å². The smallest absolute Gasteiger partial charge is 0.397 e. The second-order valence-corrected chi connectivity index (χ2v) is 3.99. The lowest BCUT2D eigenvalue weighted by Crippen LogP contribution is -2.27. The van der Waals surface area contributed by atoms with Crippen LogP contribution in [-0.4, -0.2) is 24.8 Å². The zero-order valence-electron chi connectivity index (χ0n) is 9.71. The fourth-order valence-electron chi connectivity index (χ4n) is 1.97. The van der Waals surface area contributed by atoms with E-state index in [1.54, 1.807) is 18.2 Å². The Morgan fingerprint density at radius 1 is 1.39 bits per heavy atom. The largest absolute Gasteiger partial charge is 0.497 e. The molecule has 0 saturated heterocycles. The van der Waals surface area contributed by atoms with Gasteiger partial charge >= 0.3 is 6.18 Å². The Kier molecular flexibility index (Phi) is 3.21. The summed E-state index contributed by atoms with van der Waals surface area (Å²) in [6, 6.07) is 4.95. The molecule has 1 aromatic heterocycles. The van der Waals surface area contributed by atoms with E-state index in [1.807, 2.05) is 0 Å². The van der Waals surface area contributed by atoms with Gasteiger partial charge in [0.15, 0.2) is 0 Å². The van der Waals surface area contributed by atoms with Crippen molar-refractivity contribution in [2.24, 2.45) is 5.73 Å². The summed E-state index contributed by atoms with van der Waals surface area (Å²) in [5.74, 6) is -1.15. The van der Waals surface area contributed by atoms with Crippen LogP contribution in [0.5, 0.6) is 5.75 Å². The number of rotatable bonds is 3. The summed E-state index contributed by atoms with van der Waals surface area (Å²) in [6.45, 7) is -0.479. The van der Waals surface area contributed by atoms with Crippen molar-refractivity contribution in [3.8, 4) is 5.75 Å². The molecule has 2 aromatic rings. The molecule has 0 aliphatic carbocycles. The number of nitrogens with one attached hydrogen (secondary N) is 1. The first kappa shape index (κ1) is 12.8. The second-order valence-electron chi connectivity index (χ2n) is 3.99. The third-order valence-corrected chi connectivity index (χ3v) is 2.93. The number of alkyl halides is 3. The molecule has 0 spiro atoms. The van der Waals surface area contributed by atoms with Crippen LogP contribution in [0.4, 0.5) is 13.2 Å². The maximum Gasteiger partial charge on any atom is 0.397 e. The van der Waals surface area contributed by atoms with Crippen LogP contribution in [0.15, 0.2) is 24.4 Å². The predicted octanol–water partition coefficient (Wildman–Crippen LogP) is 2.78. The van der Waals surface area contributed by atoms with Crippen LogP contribution in [0.3, 0.4) is 0 Å². The molecule has 0 aliphatic rings. The number of hydrogen-bond acceptors (Lipinski definition) is 2. The summed E-state index contributed by atoms with van der Waals surface area (Å²) in [5, 5.41) is 0.488. The van der Waals surface area contributed by atoms with Crippen LogP contribution >= 0.6 is 0 Å². The quantitative estimate of drug-likeness (QED) is 0.889. The predicted molar refractivity (Wildman–Crippen MR) is 62.7 cm³/mol. The zero-order valence-corrected chi connectivity index (χ0v) is 9.71. The molecular formula is C12H13F3N2O. The van der Waals surface area contributed by atoms with Gasteiger partial charge < -0.3 is 15.5 Å². The van der Waals surface area contributed by atoms with Crippen molar-refractivity contribution in [1.29, 1.82) is 0 Å². The molecule has 0 amide bonds. The summed E-state index contributed by atoms with van der Waals surface area (Å²) in [4.78, 5) is 2.82. The first-order valence-electron chi connectivity index (χ1n) is 5.39. The van der Waals surface area contributed by atoms with Crippen molar-refractivity contribution in [3.63, 3.8) is 0 Å². The lowest BCUT2D eigenvalue weighted by molar-refractivity contribution is -0.147. The van der Waals surface area contributed by atoms with Gasteiger partial charge in [-0.2, -0.15) is 13.2 Å². The van der Waals surface area contributed by atoms with E-state index in [2.05, 4.69) is 4.98 Å². The van der Waals surface area contributed by atoms with Crippen molar-refractivity contribution in [2.75, 3.05) is 13.7 Å². The van der Waals surface area contributed by atoms with E-state index in [1.165, 1.54) is 13.3 Å². The molecule has 0 fully saturated rings. The average Bonchev–Trinajstić information content (AvgIpc) is 2.71. The third-order valence-electron chi connectivity index (χ3n) is 2.93. The Morgan fingerprint density at radius 3 is 2.67 bits per heavy atom. The van der Waals surface area contributed by atoms with Gasteiger partial charge in [0.2, 0.25) is 0 Å². The molecule has 1 atom stereocenters. The molecule has 0 saturated carbocycles. The van der Waals surface area contributed by atoms with Gasteiger partial charge in [0.25, 0.3) is 0 Å². The van der Waals surface area contributed by atoms with Crippen molar-refractivity contribution >= 4 is 10.9 Å². The fourth-order valence-corrected chi connectivity index (χ4v) is 1.97. The normalized spacial score (nSPS) is 13.8. The Bertz CT molecular complexity index is 548. The molecule has 1 unspecified atom stereocenters. The molecule has 18 heavy (non-hydrogen) atoms. The number of hydrogen-bond donors (Lipinski definition) is 2. The number of methoxy groups -OCH3 is 1. The first-order valence-corrected chi connectivity index (χ1v) is 5.39. The van der Waals surface area contributed by atoms with E-state index < -0.39 is 18.6 Å². The summed E-state index contributed by atoms with van der Waals surface area (Å²) in [6.07, 6.45) is -3.00. The monoisotopic (exact) mass is 258 g/mol. The van der Waals surface area contributed by atoms with E-state index in [0.717, 1.165) is 0 Å². The van der Waals surface area contributed by atoms with Gasteiger partial charge in [-0.1, -0.05) is 0 Å². The van der Waals surface area contributed by atoms with Gasteiger partial charge in [0.1, 0.15) is 5.75 Å². The van der Waals surface area contributed by atoms with Crippen LogP contribution in [0, 0.1) is 0 Å². The Hall–Kier alpha value is -1.69. The highest BCUT2D eigenvalue weighted by Crippen LogP contribution is 2.38. The molecular weight excluding hydrogens is 245 g/mol. The van der Waals surface area contributed by atoms with E-state index in [9.17, 15) is 13.2 Å². The van der Waals surface area contributed by atoms with Gasteiger partial charge in [-0.3, -0.25) is 0 Å². The molecule has 0 radical (unpaired) electrons. The van der Waals surface area contributed by atoms with Gasteiger partial charge in [0, 0.05) is 23.6 Å². The number of ether oxygens (including phenoxy) is 1. The number of nitrogens with two attached hydrogens (primary N) is 1. The molecule has 6 heteroatoms. The Labute approximate surface area is 102 Å². The maximum atomic E-state index is 12.9. The van der Waals surface area contributed by atoms with E-state index in [4.69, 9.17) is 10.5 Å². The third kappa shape index (κ3) is 2.15. The SMILES string of the molecule is COc1ccc2[nH]cc(C(CN)C(F)(F)F)c2c1. The van der Waals surface area contributed by atoms with Crippen LogP contribution in [0.25, 0.3) is 10.9 Å². The van der Waals surface area contributed by atoms with Crippen molar-refractivity contribution in [1.82, 2.24) is 4.98 Å². The number of aromatic nitrogens is 1. The number of H-pyrrole nitrogens is 1. The van der Waals surface area contributed by atoms with Gasteiger partial charge in [-0.15, -0.1) is 0 Å². The van der Waals surface area contributed by atoms with Crippen molar-refractivity contribution in [2.45, 2.75) is 12.1 Å². The molecule has 3 N–H and O–H groups in total. The van der Waals surface area contributed by atoms with Crippen LogP contribution < -0.4 is 10.5 Å². The first-order chi connectivity index (χ1) is 8.47. The van der Waals surface area contributed by atoms with Crippen molar-refractivity contribution < 1.29 is 17.9 Å². The lowest BCUT2D eigenvalue weighted by atomic mass is 9.98. The molecule has 0 bridgehead atoms. The fraction of sp³-hybridized carbons (Fsp3) is 0.333. The topological polar surface area (TPSA) is 51.0 Å². The molecule has 1 heterocycles. The van der Waals surface area contributed by atoms with Crippen LogP contribution in [-0.2, 0) is 0 Å². The Morgan fingerprint density at radius 2 is 2.11 bits per heavy atom. The van der Waals surface area contributed by atoms with E-state index in [-0.39, 0.29) is 5.56 Å². The highest BCUT2D eigenvalue weighted by Gasteiger charge is 2.40. The molecule has 0 aliphatic heterocycles. The second kappa shape index (κ2) is 4.53. The van der Waals surface area contributed by atoms with Crippen LogP contribution in [0.1, 0.15) is 11.5 Å². The number of benzene rings is 1. The molecule has 98 valence electrons. The minimum Gasteiger partial charge on any atom is -0.497 e. The standard InChI is InChI=1S/C12H13F3N2O/c1-18-7-2-3-11-8(4-7)9(6-17-11)10(5-16)12(13,14)15/h2-4,6,10,17H,5,16H2,1H3. The van der Waals surface area contributed by atoms with Crippen LogP contribution in [0.2, 0.25) is 0 Å². The van der Waals surface area contributed by atoms with Gasteiger partial charge in [0.05, 0.1) is 13.0 Å². The highest BCUT2D eigenvalue weighted by atomic mass is 19.4. The molecule has 1 aromatic carbocycles. The van der Waals surface area contributed by atoms with Gasteiger partial charge in [-0.05, 0) is 23.8 Å². The summed E-state index contributed by atoms with van der Waals surface area (Å²) in [7, 11) is 1.47. The summed E-state index contributed by atoms with van der Waals surface area (Å²) < 4.78 is 43.6.